The van der Waals surface area contributed by atoms with Crippen molar-refractivity contribution in [2.75, 3.05) is 18.5 Å². The van der Waals surface area contributed by atoms with Crippen molar-refractivity contribution < 1.29 is 24.0 Å². The van der Waals surface area contributed by atoms with E-state index in [9.17, 15) is 19.2 Å². The molecule has 1 atom stereocenters. The van der Waals surface area contributed by atoms with Crippen molar-refractivity contribution in [1.82, 2.24) is 10.2 Å². The number of amides is 4. The number of rotatable bonds is 10. The first-order valence-corrected chi connectivity index (χ1v) is 9.94. The summed E-state index contributed by atoms with van der Waals surface area (Å²) < 4.78 is 0. The van der Waals surface area contributed by atoms with Crippen molar-refractivity contribution in [3.8, 4) is 0 Å². The lowest BCUT2D eigenvalue weighted by atomic mass is 10.0. The summed E-state index contributed by atoms with van der Waals surface area (Å²) >= 11 is 0. The molecule has 2 aliphatic heterocycles. The number of benzene rings is 1. The molecule has 2 heterocycles. The van der Waals surface area contributed by atoms with Crippen molar-refractivity contribution in [3.63, 3.8) is 0 Å². The van der Waals surface area contributed by atoms with Crippen LogP contribution in [0.25, 0.3) is 0 Å². The van der Waals surface area contributed by atoms with E-state index >= 15 is 0 Å². The van der Waals surface area contributed by atoms with E-state index in [0.717, 1.165) is 37.0 Å². The lowest BCUT2D eigenvalue weighted by Crippen LogP contribution is -2.54. The summed E-state index contributed by atoms with van der Waals surface area (Å²) in [5.74, 6) is 3.00. The smallest absolute Gasteiger partial charge is 0.264 e. The molecule has 1 aromatic rings. The third-order valence-corrected chi connectivity index (χ3v) is 5.22. The summed E-state index contributed by atoms with van der Waals surface area (Å²) in [6.07, 6.45) is 5.25. The van der Waals surface area contributed by atoms with Gasteiger partial charge in [-0.1, -0.05) is 25.3 Å². The van der Waals surface area contributed by atoms with Gasteiger partial charge in [-0.25, -0.2) is 5.90 Å². The fraction of sp³-hybridized carbons (Fsp3) is 0.500. The number of imide groups is 2. The molecule has 9 heteroatoms. The Kier molecular flexibility index (Phi) is 6.95. The van der Waals surface area contributed by atoms with E-state index in [4.69, 9.17) is 5.90 Å². The first-order chi connectivity index (χ1) is 14.0. The van der Waals surface area contributed by atoms with E-state index in [0.29, 0.717) is 24.4 Å². The van der Waals surface area contributed by atoms with Crippen molar-refractivity contribution in [1.29, 1.82) is 0 Å². The van der Waals surface area contributed by atoms with Gasteiger partial charge in [0.15, 0.2) is 0 Å². The maximum absolute atomic E-state index is 13.0. The van der Waals surface area contributed by atoms with Crippen LogP contribution in [0.5, 0.6) is 0 Å². The maximum atomic E-state index is 13.0. The minimum absolute atomic E-state index is 0.103. The number of fused-ring (bicyclic) bond motifs is 1. The monoisotopic (exact) mass is 402 g/mol. The van der Waals surface area contributed by atoms with Crippen LogP contribution in [-0.2, 0) is 14.4 Å². The fourth-order valence-electron chi connectivity index (χ4n) is 3.73. The highest BCUT2D eigenvalue weighted by Crippen LogP contribution is 2.32. The molecule has 0 aliphatic carbocycles. The summed E-state index contributed by atoms with van der Waals surface area (Å²) in [6.45, 7) is 1.23. The van der Waals surface area contributed by atoms with Crippen LogP contribution >= 0.6 is 0 Å². The molecule has 9 nitrogen and oxygen atoms in total. The number of nitrogens with one attached hydrogen (secondary N) is 2. The van der Waals surface area contributed by atoms with Crippen LogP contribution in [0.1, 0.15) is 65.7 Å². The molecule has 0 saturated carbocycles. The number of unbranched alkanes of at least 4 members (excludes halogenated alkanes) is 4. The predicted molar refractivity (Wildman–Crippen MR) is 105 cm³/mol. The summed E-state index contributed by atoms with van der Waals surface area (Å²) in [4.78, 5) is 54.8. The Labute approximate surface area is 168 Å². The fourth-order valence-corrected chi connectivity index (χ4v) is 3.73. The Morgan fingerprint density at radius 1 is 1.07 bits per heavy atom. The van der Waals surface area contributed by atoms with E-state index in [-0.39, 0.29) is 24.3 Å². The van der Waals surface area contributed by atoms with E-state index < -0.39 is 23.8 Å². The first kappa shape index (κ1) is 20.9. The van der Waals surface area contributed by atoms with Gasteiger partial charge in [0.05, 0.1) is 17.7 Å². The van der Waals surface area contributed by atoms with Gasteiger partial charge >= 0.3 is 0 Å². The van der Waals surface area contributed by atoms with E-state index in [1.165, 1.54) is 0 Å². The summed E-state index contributed by atoms with van der Waals surface area (Å²) in [6, 6.07) is 4.11. The van der Waals surface area contributed by atoms with Gasteiger partial charge < -0.3 is 10.2 Å². The summed E-state index contributed by atoms with van der Waals surface area (Å²) in [5, 5.41) is 5.44. The van der Waals surface area contributed by atoms with E-state index in [2.05, 4.69) is 15.5 Å². The number of carbonyl (C=O) groups excluding carboxylic acids is 4. The van der Waals surface area contributed by atoms with Gasteiger partial charge in [0, 0.05) is 18.7 Å². The number of piperidine rings is 1. The molecule has 0 spiro atoms. The molecule has 0 bridgehead atoms. The van der Waals surface area contributed by atoms with Gasteiger partial charge in [0.1, 0.15) is 6.04 Å². The molecule has 1 aromatic carbocycles. The molecule has 29 heavy (non-hydrogen) atoms. The van der Waals surface area contributed by atoms with Crippen LogP contribution in [0.3, 0.4) is 0 Å². The summed E-state index contributed by atoms with van der Waals surface area (Å²) in [5.41, 5.74) is 1.17. The van der Waals surface area contributed by atoms with Gasteiger partial charge in [0.25, 0.3) is 11.8 Å². The number of nitrogens with zero attached hydrogens (tertiary/aromatic N) is 1. The second-order valence-corrected chi connectivity index (χ2v) is 7.24. The van der Waals surface area contributed by atoms with Crippen molar-refractivity contribution in [2.24, 2.45) is 5.90 Å². The van der Waals surface area contributed by atoms with Gasteiger partial charge in [-0.05, 0) is 31.4 Å². The van der Waals surface area contributed by atoms with Crippen LogP contribution in [0.2, 0.25) is 0 Å². The van der Waals surface area contributed by atoms with Gasteiger partial charge in [0.2, 0.25) is 11.8 Å². The minimum Gasteiger partial charge on any atom is -0.384 e. The molecule has 4 amide bonds. The molecular formula is C20H26N4O5. The van der Waals surface area contributed by atoms with Crippen molar-refractivity contribution in [2.45, 2.75) is 51.0 Å². The number of hydrogen-bond donors (Lipinski definition) is 3. The quantitative estimate of drug-likeness (QED) is 0.306. The number of hydrogen-bond acceptors (Lipinski definition) is 7. The van der Waals surface area contributed by atoms with Crippen LogP contribution in [-0.4, -0.2) is 47.7 Å². The molecule has 2 aliphatic rings. The molecule has 1 fully saturated rings. The van der Waals surface area contributed by atoms with Crippen LogP contribution in [0, 0.1) is 0 Å². The predicted octanol–water partition coefficient (Wildman–Crippen LogP) is 1.34. The Morgan fingerprint density at radius 3 is 2.59 bits per heavy atom. The Balaban J connectivity index is 1.61. The third kappa shape index (κ3) is 4.63. The SMILES string of the molecule is NOCCCCCCCNc1cccc2c1C(=O)N(C1CCC(=O)NC1=O)C2=O. The Morgan fingerprint density at radius 2 is 1.83 bits per heavy atom. The average molecular weight is 402 g/mol. The zero-order chi connectivity index (χ0) is 20.8. The normalized spacial score (nSPS) is 18.8. The highest BCUT2D eigenvalue weighted by molar-refractivity contribution is 6.25. The average Bonchev–Trinajstić information content (AvgIpc) is 2.95. The van der Waals surface area contributed by atoms with Gasteiger partial charge in [-0.15, -0.1) is 0 Å². The molecule has 4 N–H and O–H groups in total. The molecule has 3 rings (SSSR count). The number of carbonyl (C=O) groups is 4. The van der Waals surface area contributed by atoms with Gasteiger partial charge in [-0.2, -0.15) is 0 Å². The Hall–Kier alpha value is -2.78. The third-order valence-electron chi connectivity index (χ3n) is 5.22. The van der Waals surface area contributed by atoms with E-state index in [1.54, 1.807) is 18.2 Å². The number of nitrogens with two attached hydrogens (primary N) is 1. The lowest BCUT2D eigenvalue weighted by Gasteiger charge is -2.27. The molecule has 156 valence electrons. The largest absolute Gasteiger partial charge is 0.384 e. The first-order valence-electron chi connectivity index (χ1n) is 9.94. The standard InChI is InChI=1S/C20H26N4O5/c21-29-12-5-3-1-2-4-11-22-14-8-6-7-13-17(14)20(28)24(19(13)27)15-9-10-16(25)23-18(15)26/h6-8,15,22H,1-5,9-12,21H2,(H,23,25,26). The molecule has 1 unspecified atom stereocenters. The molecule has 1 saturated heterocycles. The molecular weight excluding hydrogens is 376 g/mol. The highest BCUT2D eigenvalue weighted by Gasteiger charge is 2.45. The second-order valence-electron chi connectivity index (χ2n) is 7.24. The lowest BCUT2D eigenvalue weighted by molar-refractivity contribution is -0.136. The van der Waals surface area contributed by atoms with E-state index in [1.807, 2.05) is 0 Å². The highest BCUT2D eigenvalue weighted by atomic mass is 16.6. The zero-order valence-corrected chi connectivity index (χ0v) is 16.2. The zero-order valence-electron chi connectivity index (χ0n) is 16.2. The molecule has 0 radical (unpaired) electrons. The van der Waals surface area contributed by atoms with Crippen LogP contribution < -0.4 is 16.5 Å². The maximum Gasteiger partial charge on any atom is 0.264 e. The van der Waals surface area contributed by atoms with Crippen molar-refractivity contribution in [3.05, 3.63) is 29.3 Å². The summed E-state index contributed by atoms with van der Waals surface area (Å²) in [7, 11) is 0. The molecule has 0 aromatic heterocycles. The van der Waals surface area contributed by atoms with Crippen LogP contribution in [0.15, 0.2) is 18.2 Å². The second kappa shape index (κ2) is 9.62. The van der Waals surface area contributed by atoms with Crippen molar-refractivity contribution >= 4 is 29.3 Å². The van der Waals surface area contributed by atoms with Crippen LogP contribution in [0.4, 0.5) is 5.69 Å². The minimum atomic E-state index is -0.953. The topological polar surface area (TPSA) is 131 Å². The number of anilines is 1. The van der Waals surface area contributed by atoms with Gasteiger partial charge in [-0.3, -0.25) is 29.4 Å². The Bertz CT molecular complexity index is 810.